The molecule has 0 spiro atoms. The molecule has 326 valence electrons. The molecule has 0 unspecified atom stereocenters. The molecule has 0 bridgehead atoms. The van der Waals surface area contributed by atoms with Crippen LogP contribution in [-0.2, 0) is 19.1 Å². The molecule has 2 saturated heterocycles. The largest absolute Gasteiger partial charge is 0.453 e. The Hall–Kier alpha value is -6.96. The van der Waals surface area contributed by atoms with E-state index in [2.05, 4.69) is 88.2 Å². The molecule has 2 aliphatic rings. The number of ether oxygens (including phenoxy) is 2. The first-order valence-electron chi connectivity index (χ1n) is 21.5. The van der Waals surface area contributed by atoms with E-state index in [0.29, 0.717) is 17.9 Å². The summed E-state index contributed by atoms with van der Waals surface area (Å²) in [5, 5.41) is 7.64. The van der Waals surface area contributed by atoms with E-state index in [1.807, 2.05) is 73.3 Å². The number of fused-ring (bicyclic) bond motifs is 1. The Balaban J connectivity index is 0.962. The predicted molar refractivity (Wildman–Crippen MR) is 240 cm³/mol. The summed E-state index contributed by atoms with van der Waals surface area (Å²) < 4.78 is 9.66. The van der Waals surface area contributed by atoms with Crippen molar-refractivity contribution in [2.75, 3.05) is 20.8 Å². The Labute approximate surface area is 366 Å². The molecular formula is C49H54N8O6. The second-order valence-corrected chi connectivity index (χ2v) is 17.0. The summed E-state index contributed by atoms with van der Waals surface area (Å²) in [6, 6.07) is 28.1. The number of nitrogens with one attached hydrogen (secondary N) is 4. The van der Waals surface area contributed by atoms with E-state index in [0.717, 1.165) is 69.5 Å². The molecule has 14 heteroatoms. The van der Waals surface area contributed by atoms with Crippen molar-refractivity contribution >= 4 is 34.8 Å². The lowest BCUT2D eigenvalue weighted by atomic mass is 9.98. The topological polar surface area (TPSA) is 175 Å². The Morgan fingerprint density at radius 3 is 1.98 bits per heavy atom. The third-order valence-corrected chi connectivity index (χ3v) is 12.5. The van der Waals surface area contributed by atoms with Crippen molar-refractivity contribution in [2.45, 2.75) is 77.2 Å². The highest BCUT2D eigenvalue weighted by Gasteiger charge is 2.45. The Bertz CT molecular complexity index is 2610. The standard InChI is InChI=1S/C49H54N8O6/c1-28(2)41(54-48(60)62-5)46(58)56-22-10-13-40(56)44-50-27-39(52-44)37-21-20-35-24-34(18-19-36(35)25-37)31-14-16-32(17-15-31)38-26-51-45(53-38)43-29(3)23-30(4)57(43)47(59)42(55-49(61)63-6)33-11-8-7-9-12-33/h7-9,11-12,14-21,24-30,40-43H,10,13,22-23H2,1-6H3,(H,50,52)(H,51,53)(H,54,60)(H,55,61)/t29-,30+,40+,41+,42-,43+/m1/s1. The molecule has 2 fully saturated rings. The molecule has 4 amide bonds. The van der Waals surface area contributed by atoms with Gasteiger partial charge in [0.05, 0.1) is 50.1 Å². The maximum Gasteiger partial charge on any atom is 0.407 e. The fourth-order valence-electron chi connectivity index (χ4n) is 9.26. The molecule has 8 rings (SSSR count). The summed E-state index contributed by atoms with van der Waals surface area (Å²) in [5.41, 5.74) is 6.50. The number of hydrogen-bond acceptors (Lipinski definition) is 8. The van der Waals surface area contributed by atoms with Gasteiger partial charge < -0.3 is 39.9 Å². The average molecular weight is 851 g/mol. The first-order valence-corrected chi connectivity index (χ1v) is 21.5. The highest BCUT2D eigenvalue weighted by atomic mass is 16.5. The van der Waals surface area contributed by atoms with Crippen LogP contribution in [0.25, 0.3) is 44.4 Å². The molecule has 0 aliphatic carbocycles. The molecule has 4 heterocycles. The number of aromatic nitrogens is 4. The Kier molecular flexibility index (Phi) is 12.3. The van der Waals surface area contributed by atoms with Gasteiger partial charge in [0.25, 0.3) is 5.91 Å². The van der Waals surface area contributed by atoms with Crippen LogP contribution in [0.2, 0.25) is 0 Å². The highest BCUT2D eigenvalue weighted by molar-refractivity contribution is 5.91. The van der Waals surface area contributed by atoms with Crippen LogP contribution in [0, 0.1) is 11.8 Å². The molecule has 14 nitrogen and oxygen atoms in total. The van der Waals surface area contributed by atoms with Crippen molar-refractivity contribution < 1.29 is 28.7 Å². The molecule has 0 saturated carbocycles. The van der Waals surface area contributed by atoms with E-state index in [1.54, 1.807) is 0 Å². The number of amides is 4. The normalized spacial score (nSPS) is 19.5. The smallest absolute Gasteiger partial charge is 0.407 e. The lowest BCUT2D eigenvalue weighted by Crippen LogP contribution is -2.51. The van der Waals surface area contributed by atoms with Crippen LogP contribution in [0.5, 0.6) is 0 Å². The number of aromatic amines is 2. The predicted octanol–water partition coefficient (Wildman–Crippen LogP) is 8.73. The summed E-state index contributed by atoms with van der Waals surface area (Å²) in [6.45, 7) is 8.56. The van der Waals surface area contributed by atoms with Crippen LogP contribution < -0.4 is 10.6 Å². The van der Waals surface area contributed by atoms with E-state index in [9.17, 15) is 19.2 Å². The summed E-state index contributed by atoms with van der Waals surface area (Å²) in [5.74, 6) is 1.09. The van der Waals surface area contributed by atoms with Gasteiger partial charge in [0.15, 0.2) is 0 Å². The summed E-state index contributed by atoms with van der Waals surface area (Å²) >= 11 is 0. The van der Waals surface area contributed by atoms with Gasteiger partial charge in [-0.3, -0.25) is 9.59 Å². The van der Waals surface area contributed by atoms with E-state index in [-0.39, 0.29) is 41.8 Å². The second kappa shape index (κ2) is 18.2. The minimum atomic E-state index is -0.908. The van der Waals surface area contributed by atoms with Crippen LogP contribution in [0.3, 0.4) is 0 Å². The van der Waals surface area contributed by atoms with Gasteiger partial charge in [-0.05, 0) is 83.2 Å². The van der Waals surface area contributed by atoms with Crippen molar-refractivity contribution in [3.63, 3.8) is 0 Å². The van der Waals surface area contributed by atoms with E-state index >= 15 is 0 Å². The van der Waals surface area contributed by atoms with Crippen LogP contribution >= 0.6 is 0 Å². The van der Waals surface area contributed by atoms with Crippen molar-refractivity contribution in [1.29, 1.82) is 0 Å². The summed E-state index contributed by atoms with van der Waals surface area (Å²) in [6.07, 6.45) is 4.75. The minimum Gasteiger partial charge on any atom is -0.453 e. The van der Waals surface area contributed by atoms with Crippen molar-refractivity contribution in [2.24, 2.45) is 11.8 Å². The molecule has 2 aliphatic heterocycles. The van der Waals surface area contributed by atoms with E-state index in [1.165, 1.54) is 14.2 Å². The van der Waals surface area contributed by atoms with Crippen LogP contribution in [-0.4, -0.2) is 86.6 Å². The number of likely N-dealkylation sites (tertiary alicyclic amines) is 2. The SMILES string of the molecule is COC(=O)N[C@H](C(=O)N1CCC[C@H]1c1ncc(-c2ccc3cc(-c4ccc(-c5cnc([C@@H]6[C@H](C)C[C@H](C)N6C(=O)[C@H](NC(=O)OC)c6ccccc6)[nH]5)cc4)ccc3c2)[nH]1)C(C)C. The molecule has 4 aromatic carbocycles. The van der Waals surface area contributed by atoms with Gasteiger partial charge in [0.2, 0.25) is 5.91 Å². The molecule has 2 aromatic heterocycles. The van der Waals surface area contributed by atoms with Crippen molar-refractivity contribution in [3.8, 4) is 33.6 Å². The molecule has 4 N–H and O–H groups in total. The van der Waals surface area contributed by atoms with E-state index < -0.39 is 24.3 Å². The zero-order valence-corrected chi connectivity index (χ0v) is 36.4. The number of hydrogen-bond donors (Lipinski definition) is 4. The van der Waals surface area contributed by atoms with Crippen LogP contribution in [0.4, 0.5) is 9.59 Å². The first kappa shape index (κ1) is 42.7. The van der Waals surface area contributed by atoms with Gasteiger partial charge >= 0.3 is 12.2 Å². The summed E-state index contributed by atoms with van der Waals surface area (Å²) in [7, 11) is 2.58. The lowest BCUT2D eigenvalue weighted by Gasteiger charge is -2.32. The van der Waals surface area contributed by atoms with Gasteiger partial charge in [0.1, 0.15) is 23.7 Å². The quantitative estimate of drug-likeness (QED) is 0.100. The van der Waals surface area contributed by atoms with Gasteiger partial charge in [-0.2, -0.15) is 0 Å². The number of imidazole rings is 2. The van der Waals surface area contributed by atoms with Gasteiger partial charge in [-0.25, -0.2) is 19.6 Å². The third-order valence-electron chi connectivity index (χ3n) is 12.5. The fourth-order valence-corrected chi connectivity index (χ4v) is 9.26. The second-order valence-electron chi connectivity index (χ2n) is 17.0. The number of H-pyrrole nitrogens is 2. The molecule has 0 radical (unpaired) electrons. The van der Waals surface area contributed by atoms with Crippen LogP contribution in [0.1, 0.15) is 82.3 Å². The van der Waals surface area contributed by atoms with Crippen LogP contribution in [0.15, 0.2) is 103 Å². The Morgan fingerprint density at radius 1 is 0.714 bits per heavy atom. The maximum atomic E-state index is 14.3. The first-order chi connectivity index (χ1) is 30.4. The number of alkyl carbamates (subject to hydrolysis) is 2. The number of carbonyl (C=O) groups excluding carboxylic acids is 4. The number of methoxy groups -OCH3 is 2. The fraction of sp³-hybridized carbons (Fsp3) is 0.347. The molecule has 6 atom stereocenters. The highest BCUT2D eigenvalue weighted by Crippen LogP contribution is 2.42. The number of nitrogens with zero attached hydrogens (tertiary/aromatic N) is 4. The molecule has 63 heavy (non-hydrogen) atoms. The number of carbonyl (C=O) groups is 4. The number of benzene rings is 4. The van der Waals surface area contributed by atoms with Gasteiger partial charge in [0, 0.05) is 18.2 Å². The van der Waals surface area contributed by atoms with Gasteiger partial charge in [-0.15, -0.1) is 0 Å². The van der Waals surface area contributed by atoms with Crippen molar-refractivity contribution in [3.05, 3.63) is 121 Å². The molecular weight excluding hydrogens is 797 g/mol. The lowest BCUT2D eigenvalue weighted by molar-refractivity contribution is -0.137. The molecule has 6 aromatic rings. The zero-order chi connectivity index (χ0) is 44.4. The van der Waals surface area contributed by atoms with Crippen molar-refractivity contribution in [1.82, 2.24) is 40.4 Å². The monoisotopic (exact) mass is 850 g/mol. The average Bonchev–Trinajstić information content (AvgIpc) is 4.14. The maximum absolute atomic E-state index is 14.3. The third kappa shape index (κ3) is 8.75. The van der Waals surface area contributed by atoms with E-state index in [4.69, 9.17) is 19.4 Å². The zero-order valence-electron chi connectivity index (χ0n) is 36.4. The summed E-state index contributed by atoms with van der Waals surface area (Å²) in [4.78, 5) is 72.5. The minimum absolute atomic E-state index is 0.0719. The van der Waals surface area contributed by atoms with Gasteiger partial charge in [-0.1, -0.05) is 99.6 Å². The number of rotatable bonds is 11. The Morgan fingerprint density at radius 2 is 1.30 bits per heavy atom.